The summed E-state index contributed by atoms with van der Waals surface area (Å²) in [6.07, 6.45) is -4.68. The molecule has 0 saturated heterocycles. The van der Waals surface area contributed by atoms with Gasteiger partial charge in [-0.1, -0.05) is 11.6 Å². The molecule has 1 heterocycles. The molecule has 0 fully saturated rings. The molecular formula is C12H6ClF4N3O. The minimum Gasteiger partial charge on any atom is -0.305 e. The van der Waals surface area contributed by atoms with E-state index in [-0.39, 0.29) is 11.0 Å². The first-order valence-corrected chi connectivity index (χ1v) is 5.82. The fraction of sp³-hybridized carbons (Fsp3) is 0.0833. The van der Waals surface area contributed by atoms with E-state index in [4.69, 9.17) is 11.6 Å². The number of nitrogens with zero attached hydrogens (tertiary/aromatic N) is 2. The molecule has 0 aliphatic heterocycles. The van der Waals surface area contributed by atoms with Crippen LogP contribution in [0.3, 0.4) is 0 Å². The molecule has 0 unspecified atom stereocenters. The van der Waals surface area contributed by atoms with Gasteiger partial charge in [0.2, 0.25) is 0 Å². The molecule has 1 aromatic heterocycles. The lowest BCUT2D eigenvalue weighted by molar-refractivity contribution is -0.137. The number of halogens is 5. The average molecular weight is 320 g/mol. The van der Waals surface area contributed by atoms with Gasteiger partial charge in [0.15, 0.2) is 11.0 Å². The molecule has 0 bridgehead atoms. The summed E-state index contributed by atoms with van der Waals surface area (Å²) in [5.41, 5.74) is -1.88. The first-order valence-electron chi connectivity index (χ1n) is 5.44. The highest BCUT2D eigenvalue weighted by atomic mass is 35.5. The molecule has 2 rings (SSSR count). The van der Waals surface area contributed by atoms with Gasteiger partial charge in [-0.3, -0.25) is 4.79 Å². The third-order valence-corrected chi connectivity index (χ3v) is 2.61. The van der Waals surface area contributed by atoms with Crippen molar-refractivity contribution in [1.82, 2.24) is 10.2 Å². The van der Waals surface area contributed by atoms with E-state index in [0.29, 0.717) is 18.2 Å². The monoisotopic (exact) mass is 319 g/mol. The lowest BCUT2D eigenvalue weighted by Crippen LogP contribution is -2.16. The van der Waals surface area contributed by atoms with Crippen LogP contribution >= 0.6 is 11.6 Å². The van der Waals surface area contributed by atoms with Gasteiger partial charge in [0.1, 0.15) is 5.82 Å². The zero-order valence-electron chi connectivity index (χ0n) is 10.1. The lowest BCUT2D eigenvalue weighted by Gasteiger charge is -2.09. The fourth-order valence-electron chi connectivity index (χ4n) is 1.44. The van der Waals surface area contributed by atoms with Crippen LogP contribution < -0.4 is 5.32 Å². The zero-order valence-corrected chi connectivity index (χ0v) is 10.8. The van der Waals surface area contributed by atoms with E-state index in [1.165, 1.54) is 12.1 Å². The fourth-order valence-corrected chi connectivity index (χ4v) is 1.54. The molecule has 0 saturated carbocycles. The van der Waals surface area contributed by atoms with Crippen LogP contribution in [0.1, 0.15) is 15.9 Å². The van der Waals surface area contributed by atoms with E-state index in [0.717, 1.165) is 0 Å². The normalized spacial score (nSPS) is 11.3. The Labute approximate surface area is 120 Å². The number of amides is 1. The molecule has 4 nitrogen and oxygen atoms in total. The van der Waals surface area contributed by atoms with E-state index in [2.05, 4.69) is 15.5 Å². The van der Waals surface area contributed by atoms with Crippen molar-refractivity contribution in [3.63, 3.8) is 0 Å². The van der Waals surface area contributed by atoms with Gasteiger partial charge in [-0.05, 0) is 30.3 Å². The van der Waals surface area contributed by atoms with Crippen LogP contribution in [0.25, 0.3) is 0 Å². The lowest BCUT2D eigenvalue weighted by atomic mass is 10.1. The quantitative estimate of drug-likeness (QED) is 0.861. The second-order valence-electron chi connectivity index (χ2n) is 3.89. The summed E-state index contributed by atoms with van der Waals surface area (Å²) in [6.45, 7) is 0. The van der Waals surface area contributed by atoms with Crippen LogP contribution in [0.5, 0.6) is 0 Å². The van der Waals surface area contributed by atoms with Crippen molar-refractivity contribution >= 4 is 23.3 Å². The van der Waals surface area contributed by atoms with Crippen molar-refractivity contribution < 1.29 is 22.4 Å². The first kappa shape index (κ1) is 15.2. The number of benzene rings is 1. The number of alkyl halides is 3. The predicted molar refractivity (Wildman–Crippen MR) is 66.4 cm³/mol. The summed E-state index contributed by atoms with van der Waals surface area (Å²) >= 11 is 5.49. The Bertz CT molecular complexity index is 673. The number of rotatable bonds is 2. The molecule has 2 aromatic rings. The molecule has 0 aliphatic carbocycles. The highest BCUT2D eigenvalue weighted by molar-refractivity contribution is 6.29. The van der Waals surface area contributed by atoms with Gasteiger partial charge in [0.25, 0.3) is 5.91 Å². The maximum atomic E-state index is 13.5. The maximum Gasteiger partial charge on any atom is 0.416 e. The number of carbonyl (C=O) groups excluding carboxylic acids is 1. The Kier molecular flexibility index (Phi) is 4.08. The number of aromatic nitrogens is 2. The minimum atomic E-state index is -4.68. The first-order chi connectivity index (χ1) is 9.77. The Morgan fingerprint density at radius 1 is 1.14 bits per heavy atom. The van der Waals surface area contributed by atoms with E-state index >= 15 is 0 Å². The van der Waals surface area contributed by atoms with E-state index in [9.17, 15) is 22.4 Å². The molecule has 0 aliphatic rings. The molecular weight excluding hydrogens is 314 g/mol. The number of hydrogen-bond acceptors (Lipinski definition) is 3. The standard InChI is InChI=1S/C12H6ClF4N3O/c13-9-3-4-10(20-19-9)18-11(21)7-5-6(12(15,16)17)1-2-8(7)14/h1-5H,(H,18,20,21). The van der Waals surface area contributed by atoms with Crippen LogP contribution in [-0.2, 0) is 6.18 Å². The molecule has 1 aromatic carbocycles. The molecule has 0 atom stereocenters. The van der Waals surface area contributed by atoms with Crippen molar-refractivity contribution in [2.45, 2.75) is 6.18 Å². The number of anilines is 1. The van der Waals surface area contributed by atoms with Crippen LogP contribution in [0, 0.1) is 5.82 Å². The van der Waals surface area contributed by atoms with Crippen molar-refractivity contribution in [2.24, 2.45) is 0 Å². The minimum absolute atomic E-state index is 0.0678. The molecule has 9 heteroatoms. The van der Waals surface area contributed by atoms with Gasteiger partial charge < -0.3 is 5.32 Å². The Morgan fingerprint density at radius 3 is 2.43 bits per heavy atom. The van der Waals surface area contributed by atoms with Gasteiger partial charge in [0, 0.05) is 0 Å². The molecule has 1 N–H and O–H groups in total. The van der Waals surface area contributed by atoms with E-state index < -0.39 is 29.0 Å². The number of hydrogen-bond donors (Lipinski definition) is 1. The topological polar surface area (TPSA) is 54.9 Å². The summed E-state index contributed by atoms with van der Waals surface area (Å²) in [4.78, 5) is 11.8. The van der Waals surface area contributed by atoms with E-state index in [1.807, 2.05) is 0 Å². The van der Waals surface area contributed by atoms with E-state index in [1.54, 1.807) is 0 Å². The van der Waals surface area contributed by atoms with Gasteiger partial charge >= 0.3 is 6.18 Å². The summed E-state index contributed by atoms with van der Waals surface area (Å²) in [7, 11) is 0. The van der Waals surface area contributed by atoms with Crippen molar-refractivity contribution in [3.05, 3.63) is 52.4 Å². The predicted octanol–water partition coefficient (Wildman–Crippen LogP) is 3.54. The third kappa shape index (κ3) is 3.66. The van der Waals surface area contributed by atoms with Gasteiger partial charge in [0.05, 0.1) is 11.1 Å². The molecule has 0 radical (unpaired) electrons. The number of nitrogens with one attached hydrogen (secondary N) is 1. The largest absolute Gasteiger partial charge is 0.416 e. The summed E-state index contributed by atoms with van der Waals surface area (Å²) in [5.74, 6) is -2.22. The molecule has 21 heavy (non-hydrogen) atoms. The second kappa shape index (κ2) is 5.65. The Hall–Kier alpha value is -2.22. The summed E-state index contributed by atoms with van der Waals surface area (Å²) in [5, 5.41) is 9.11. The Morgan fingerprint density at radius 2 is 1.86 bits per heavy atom. The van der Waals surface area contributed by atoms with Crippen molar-refractivity contribution in [2.75, 3.05) is 5.32 Å². The molecule has 0 spiro atoms. The smallest absolute Gasteiger partial charge is 0.305 e. The summed E-state index contributed by atoms with van der Waals surface area (Å²) < 4.78 is 51.1. The SMILES string of the molecule is O=C(Nc1ccc(Cl)nn1)c1cc(C(F)(F)F)ccc1F. The van der Waals surface area contributed by atoms with Gasteiger partial charge in [-0.2, -0.15) is 13.2 Å². The highest BCUT2D eigenvalue weighted by Crippen LogP contribution is 2.30. The molecule has 110 valence electrons. The van der Waals surface area contributed by atoms with Crippen LogP contribution in [-0.4, -0.2) is 16.1 Å². The highest BCUT2D eigenvalue weighted by Gasteiger charge is 2.32. The van der Waals surface area contributed by atoms with Gasteiger partial charge in [-0.15, -0.1) is 10.2 Å². The van der Waals surface area contributed by atoms with Crippen molar-refractivity contribution in [1.29, 1.82) is 0 Å². The van der Waals surface area contributed by atoms with Gasteiger partial charge in [-0.25, -0.2) is 4.39 Å². The number of carbonyl (C=O) groups is 1. The third-order valence-electron chi connectivity index (χ3n) is 2.41. The average Bonchev–Trinajstić information content (AvgIpc) is 2.40. The van der Waals surface area contributed by atoms with Crippen molar-refractivity contribution in [3.8, 4) is 0 Å². The van der Waals surface area contributed by atoms with Crippen LogP contribution in [0.15, 0.2) is 30.3 Å². The molecule has 1 amide bonds. The second-order valence-corrected chi connectivity index (χ2v) is 4.28. The Balaban J connectivity index is 2.28. The maximum absolute atomic E-state index is 13.5. The summed E-state index contributed by atoms with van der Waals surface area (Å²) in [6, 6.07) is 4.14. The zero-order chi connectivity index (χ0) is 15.6. The van der Waals surface area contributed by atoms with Crippen LogP contribution in [0.4, 0.5) is 23.4 Å². The van der Waals surface area contributed by atoms with Crippen LogP contribution in [0.2, 0.25) is 5.15 Å².